The number of pyridine rings is 1. The molecule has 0 aliphatic heterocycles. The highest BCUT2D eigenvalue weighted by Crippen LogP contribution is 2.28. The largest absolute Gasteiger partial charge is 0.256 e. The molecule has 2 aromatic carbocycles. The highest BCUT2D eigenvalue weighted by atomic mass is 19.2. The average molecular weight is 375 g/mol. The molecular weight excluding hydrogens is 352 g/mol. The summed E-state index contributed by atoms with van der Waals surface area (Å²) >= 11 is 0. The molecule has 0 saturated carbocycles. The van der Waals surface area contributed by atoms with Crippen molar-refractivity contribution in [3.8, 4) is 34.2 Å². The van der Waals surface area contributed by atoms with Gasteiger partial charge in [0.1, 0.15) is 0 Å². The number of rotatable bonds is 6. The van der Waals surface area contributed by atoms with Gasteiger partial charge in [-0.05, 0) is 49.1 Å². The fourth-order valence-electron chi connectivity index (χ4n) is 3.15. The molecule has 1 heterocycles. The van der Waals surface area contributed by atoms with Crippen LogP contribution in [-0.2, 0) is 6.42 Å². The quantitative estimate of drug-likeness (QED) is 0.341. The van der Waals surface area contributed by atoms with Gasteiger partial charge in [0, 0.05) is 17.3 Å². The molecule has 0 aliphatic rings. The Balaban J connectivity index is 1.80. The van der Waals surface area contributed by atoms with Gasteiger partial charge in [-0.15, -0.1) is 5.92 Å². The molecule has 3 rings (SSSR count). The van der Waals surface area contributed by atoms with Gasteiger partial charge in [0.2, 0.25) is 0 Å². The molecule has 1 nitrogen and oxygen atoms in total. The molecule has 28 heavy (non-hydrogen) atoms. The number of unbranched alkanes of at least 4 members (excludes halogenated alkanes) is 2. The first-order chi connectivity index (χ1) is 13.6. The van der Waals surface area contributed by atoms with Crippen LogP contribution in [0.15, 0.2) is 54.7 Å². The molecule has 1 aromatic heterocycles. The highest BCUT2D eigenvalue weighted by Gasteiger charge is 2.14. The second kappa shape index (κ2) is 9.28. The molecule has 3 aromatic rings. The zero-order valence-corrected chi connectivity index (χ0v) is 16.2. The number of hydrogen-bond acceptors (Lipinski definition) is 1. The minimum absolute atomic E-state index is 0.0728. The van der Waals surface area contributed by atoms with Gasteiger partial charge in [0.25, 0.3) is 0 Å². The topological polar surface area (TPSA) is 12.9 Å². The van der Waals surface area contributed by atoms with Crippen LogP contribution in [0.5, 0.6) is 0 Å². The van der Waals surface area contributed by atoms with E-state index in [0.29, 0.717) is 5.56 Å². The van der Waals surface area contributed by atoms with Crippen molar-refractivity contribution in [2.45, 2.75) is 39.5 Å². The van der Waals surface area contributed by atoms with E-state index in [4.69, 9.17) is 0 Å². The van der Waals surface area contributed by atoms with E-state index in [1.54, 1.807) is 25.1 Å². The maximum Gasteiger partial charge on any atom is 0.175 e. The fourth-order valence-corrected chi connectivity index (χ4v) is 3.15. The van der Waals surface area contributed by atoms with Crippen LogP contribution in [0.4, 0.5) is 8.78 Å². The number of aryl methyl sites for hydroxylation is 1. The lowest BCUT2D eigenvalue weighted by Gasteiger charge is -2.08. The summed E-state index contributed by atoms with van der Waals surface area (Å²) < 4.78 is 28.6. The average Bonchev–Trinajstić information content (AvgIpc) is 2.73. The Morgan fingerprint density at radius 1 is 0.857 bits per heavy atom. The van der Waals surface area contributed by atoms with Crippen LogP contribution in [0.3, 0.4) is 0 Å². The first-order valence-corrected chi connectivity index (χ1v) is 9.60. The smallest absolute Gasteiger partial charge is 0.175 e. The third-order valence-corrected chi connectivity index (χ3v) is 4.73. The standard InChI is InChI=1S/C25H23F2N/c1-3-5-6-8-18-9-16-23(28-17-18)20-12-10-19(11-13-20)22-15-14-21(7-4-2)24(26)25(22)27/h9-17H,3,5-6,8H2,1-2H3. The zero-order valence-electron chi connectivity index (χ0n) is 16.2. The van der Waals surface area contributed by atoms with Gasteiger partial charge in [-0.1, -0.05) is 56.0 Å². The second-order valence-corrected chi connectivity index (χ2v) is 6.75. The Kier molecular flexibility index (Phi) is 6.55. The minimum atomic E-state index is -0.906. The molecule has 0 bridgehead atoms. The van der Waals surface area contributed by atoms with Crippen LogP contribution >= 0.6 is 0 Å². The summed E-state index contributed by atoms with van der Waals surface area (Å²) in [5.41, 5.74) is 3.96. The molecule has 3 heteroatoms. The van der Waals surface area contributed by atoms with Crippen LogP contribution in [0.1, 0.15) is 44.2 Å². The van der Waals surface area contributed by atoms with Gasteiger partial charge in [-0.2, -0.15) is 0 Å². The van der Waals surface area contributed by atoms with E-state index in [-0.39, 0.29) is 11.1 Å². The third kappa shape index (κ3) is 4.46. The van der Waals surface area contributed by atoms with E-state index in [0.717, 1.165) is 17.7 Å². The van der Waals surface area contributed by atoms with Crippen molar-refractivity contribution in [1.82, 2.24) is 4.98 Å². The fraction of sp³-hybridized carbons (Fsp3) is 0.240. The number of benzene rings is 2. The van der Waals surface area contributed by atoms with E-state index in [2.05, 4.69) is 29.8 Å². The number of nitrogens with zero attached hydrogens (tertiary/aromatic N) is 1. The predicted octanol–water partition coefficient (Wildman–Crippen LogP) is 6.80. The summed E-state index contributed by atoms with van der Waals surface area (Å²) in [5.74, 6) is 3.39. The van der Waals surface area contributed by atoms with Crippen LogP contribution in [0, 0.1) is 23.5 Å². The summed E-state index contributed by atoms with van der Waals surface area (Å²) in [4.78, 5) is 4.54. The van der Waals surface area contributed by atoms with E-state index in [1.807, 2.05) is 24.4 Å². The number of aromatic nitrogens is 1. The minimum Gasteiger partial charge on any atom is -0.256 e. The van der Waals surface area contributed by atoms with Crippen molar-refractivity contribution in [2.24, 2.45) is 0 Å². The van der Waals surface area contributed by atoms with Crippen molar-refractivity contribution in [3.05, 3.63) is 77.5 Å². The zero-order chi connectivity index (χ0) is 19.9. The first kappa shape index (κ1) is 19.8. The molecule has 142 valence electrons. The van der Waals surface area contributed by atoms with Crippen molar-refractivity contribution < 1.29 is 8.78 Å². The molecule has 0 spiro atoms. The van der Waals surface area contributed by atoms with Gasteiger partial charge in [0.15, 0.2) is 11.6 Å². The molecule has 0 fully saturated rings. The van der Waals surface area contributed by atoms with Crippen molar-refractivity contribution in [2.75, 3.05) is 0 Å². The van der Waals surface area contributed by atoms with Crippen LogP contribution in [-0.4, -0.2) is 4.98 Å². The Bertz CT molecular complexity index is 994. The Morgan fingerprint density at radius 3 is 2.25 bits per heavy atom. The van der Waals surface area contributed by atoms with Gasteiger partial charge in [0.05, 0.1) is 11.3 Å². The SMILES string of the molecule is CC#Cc1ccc(-c2ccc(-c3ccc(CCCCC)cn3)cc2)c(F)c1F. The first-order valence-electron chi connectivity index (χ1n) is 9.60. The van der Waals surface area contributed by atoms with Gasteiger partial charge in [-0.3, -0.25) is 4.98 Å². The molecule has 0 atom stereocenters. The molecule has 0 aliphatic carbocycles. The summed E-state index contributed by atoms with van der Waals surface area (Å²) in [7, 11) is 0. The third-order valence-electron chi connectivity index (χ3n) is 4.73. The summed E-state index contributed by atoms with van der Waals surface area (Å²) in [6, 6.07) is 14.5. The highest BCUT2D eigenvalue weighted by molar-refractivity contribution is 5.70. The lowest BCUT2D eigenvalue weighted by molar-refractivity contribution is 0.509. The van der Waals surface area contributed by atoms with Crippen LogP contribution in [0.25, 0.3) is 22.4 Å². The van der Waals surface area contributed by atoms with Crippen LogP contribution < -0.4 is 0 Å². The number of hydrogen-bond donors (Lipinski definition) is 0. The maximum absolute atomic E-state index is 14.4. The molecule has 0 amide bonds. The van der Waals surface area contributed by atoms with Crippen LogP contribution in [0.2, 0.25) is 0 Å². The van der Waals surface area contributed by atoms with Gasteiger partial charge in [-0.25, -0.2) is 8.78 Å². The second-order valence-electron chi connectivity index (χ2n) is 6.75. The van der Waals surface area contributed by atoms with E-state index >= 15 is 0 Å². The molecule has 0 N–H and O–H groups in total. The number of halogens is 2. The lowest BCUT2D eigenvalue weighted by Crippen LogP contribution is -1.94. The Hall–Kier alpha value is -2.99. The van der Waals surface area contributed by atoms with E-state index in [9.17, 15) is 8.78 Å². The summed E-state index contributed by atoms with van der Waals surface area (Å²) in [5, 5.41) is 0. The Morgan fingerprint density at radius 2 is 1.61 bits per heavy atom. The molecular formula is C25H23F2N. The summed E-state index contributed by atoms with van der Waals surface area (Å²) in [6.45, 7) is 3.79. The van der Waals surface area contributed by atoms with Crippen molar-refractivity contribution in [1.29, 1.82) is 0 Å². The van der Waals surface area contributed by atoms with E-state index in [1.165, 1.54) is 30.9 Å². The van der Waals surface area contributed by atoms with Crippen molar-refractivity contribution >= 4 is 0 Å². The summed E-state index contributed by atoms with van der Waals surface area (Å²) in [6.07, 6.45) is 6.57. The van der Waals surface area contributed by atoms with Gasteiger partial charge < -0.3 is 0 Å². The molecule has 0 radical (unpaired) electrons. The molecule has 0 saturated heterocycles. The normalized spacial score (nSPS) is 10.4. The predicted molar refractivity (Wildman–Crippen MR) is 111 cm³/mol. The lowest BCUT2D eigenvalue weighted by atomic mass is 10.00. The van der Waals surface area contributed by atoms with E-state index < -0.39 is 11.6 Å². The maximum atomic E-state index is 14.4. The van der Waals surface area contributed by atoms with Crippen molar-refractivity contribution in [3.63, 3.8) is 0 Å². The molecule has 0 unspecified atom stereocenters. The monoisotopic (exact) mass is 375 g/mol. The Labute approximate surface area is 165 Å². The van der Waals surface area contributed by atoms with Gasteiger partial charge >= 0.3 is 0 Å².